The number of carbonyl (C=O) groups excluding carboxylic acids is 1. The van der Waals surface area contributed by atoms with Crippen molar-refractivity contribution in [2.24, 2.45) is 0 Å². The number of hydrogen-bond acceptors (Lipinski definition) is 2. The molecule has 0 aromatic heterocycles. The lowest BCUT2D eigenvalue weighted by molar-refractivity contribution is -0.109. The summed E-state index contributed by atoms with van der Waals surface area (Å²) in [6.07, 6.45) is 5.22. The Morgan fingerprint density at radius 3 is 2.21 bits per heavy atom. The Labute approximate surface area is 91.7 Å². The van der Waals surface area contributed by atoms with Crippen molar-refractivity contribution in [3.8, 4) is 0 Å². The zero-order chi connectivity index (χ0) is 11.1. The molecule has 0 aliphatic heterocycles. The fraction of sp³-hybridized carbons (Fsp3) is 0.583. The SMILES string of the molecule is CC=C(C)C(CC=C(C)C)SC(C)=O. The Bertz CT molecular complexity index is 247. The fourth-order valence-corrected chi connectivity index (χ4v) is 1.97. The van der Waals surface area contributed by atoms with Crippen molar-refractivity contribution >= 4 is 16.9 Å². The van der Waals surface area contributed by atoms with Crippen LogP contribution < -0.4 is 0 Å². The molecular weight excluding hydrogens is 192 g/mol. The maximum Gasteiger partial charge on any atom is 0.186 e. The van der Waals surface area contributed by atoms with Gasteiger partial charge in [0, 0.05) is 12.2 Å². The van der Waals surface area contributed by atoms with E-state index in [-0.39, 0.29) is 5.12 Å². The summed E-state index contributed by atoms with van der Waals surface area (Å²) in [5, 5.41) is 0.505. The normalized spacial score (nSPS) is 13.6. The van der Waals surface area contributed by atoms with Crippen molar-refractivity contribution in [2.75, 3.05) is 0 Å². The molecule has 0 saturated carbocycles. The van der Waals surface area contributed by atoms with Gasteiger partial charge in [-0.25, -0.2) is 0 Å². The molecule has 1 nitrogen and oxygen atoms in total. The molecule has 0 N–H and O–H groups in total. The van der Waals surface area contributed by atoms with E-state index in [4.69, 9.17) is 0 Å². The third-order valence-electron chi connectivity index (χ3n) is 2.01. The van der Waals surface area contributed by atoms with E-state index in [0.29, 0.717) is 5.25 Å². The van der Waals surface area contributed by atoms with Crippen LogP contribution in [0.15, 0.2) is 23.3 Å². The molecule has 2 heteroatoms. The molecule has 0 radical (unpaired) electrons. The van der Waals surface area contributed by atoms with E-state index in [1.165, 1.54) is 22.9 Å². The zero-order valence-corrected chi connectivity index (χ0v) is 10.6. The molecule has 0 bridgehead atoms. The van der Waals surface area contributed by atoms with Gasteiger partial charge in [0.15, 0.2) is 5.12 Å². The largest absolute Gasteiger partial charge is 0.288 e. The summed E-state index contributed by atoms with van der Waals surface area (Å²) in [4.78, 5) is 11.0. The molecule has 0 amide bonds. The van der Waals surface area contributed by atoms with E-state index in [2.05, 4.69) is 32.9 Å². The average Bonchev–Trinajstić information content (AvgIpc) is 2.10. The first-order valence-corrected chi connectivity index (χ1v) is 5.78. The topological polar surface area (TPSA) is 17.1 Å². The molecule has 0 aromatic rings. The lowest BCUT2D eigenvalue weighted by Gasteiger charge is -2.13. The molecule has 0 spiro atoms. The highest BCUT2D eigenvalue weighted by Crippen LogP contribution is 2.23. The molecule has 0 aliphatic carbocycles. The zero-order valence-electron chi connectivity index (χ0n) is 9.76. The summed E-state index contributed by atoms with van der Waals surface area (Å²) in [6, 6.07) is 0. The molecule has 0 saturated heterocycles. The van der Waals surface area contributed by atoms with Crippen LogP contribution in [0.4, 0.5) is 0 Å². The Morgan fingerprint density at radius 1 is 1.29 bits per heavy atom. The number of thioether (sulfide) groups is 1. The van der Waals surface area contributed by atoms with E-state index in [1.807, 2.05) is 6.92 Å². The van der Waals surface area contributed by atoms with Gasteiger partial charge in [0.25, 0.3) is 0 Å². The van der Waals surface area contributed by atoms with Gasteiger partial charge in [-0.15, -0.1) is 0 Å². The van der Waals surface area contributed by atoms with Crippen molar-refractivity contribution < 1.29 is 4.79 Å². The molecule has 0 fully saturated rings. The molecule has 1 atom stereocenters. The van der Waals surface area contributed by atoms with Crippen LogP contribution in [0.1, 0.15) is 41.0 Å². The van der Waals surface area contributed by atoms with Gasteiger partial charge in [-0.05, 0) is 34.1 Å². The minimum Gasteiger partial charge on any atom is -0.288 e. The first-order valence-electron chi connectivity index (χ1n) is 4.90. The maximum atomic E-state index is 11.0. The van der Waals surface area contributed by atoms with E-state index < -0.39 is 0 Å². The van der Waals surface area contributed by atoms with Gasteiger partial charge in [-0.1, -0.05) is 35.1 Å². The fourth-order valence-electron chi connectivity index (χ4n) is 1.06. The van der Waals surface area contributed by atoms with E-state index >= 15 is 0 Å². The average molecular weight is 212 g/mol. The van der Waals surface area contributed by atoms with Crippen molar-refractivity contribution in [2.45, 2.75) is 46.3 Å². The summed E-state index contributed by atoms with van der Waals surface area (Å²) in [7, 11) is 0. The van der Waals surface area contributed by atoms with E-state index in [0.717, 1.165) is 6.42 Å². The predicted octanol–water partition coefficient (Wildman–Crippen LogP) is 3.96. The van der Waals surface area contributed by atoms with Crippen LogP contribution >= 0.6 is 11.8 Å². The highest BCUT2D eigenvalue weighted by molar-refractivity contribution is 8.14. The number of carbonyl (C=O) groups is 1. The first kappa shape index (κ1) is 13.5. The Morgan fingerprint density at radius 2 is 1.86 bits per heavy atom. The number of allylic oxidation sites excluding steroid dienone is 3. The van der Waals surface area contributed by atoms with Gasteiger partial charge in [-0.2, -0.15) is 0 Å². The molecule has 0 aliphatic rings. The Balaban J connectivity index is 4.40. The van der Waals surface area contributed by atoms with Gasteiger partial charge < -0.3 is 0 Å². The first-order chi connectivity index (χ1) is 6.47. The van der Waals surface area contributed by atoms with Crippen LogP contribution in [0.2, 0.25) is 0 Å². The third-order valence-corrected chi connectivity index (χ3v) is 3.19. The molecule has 0 heterocycles. The van der Waals surface area contributed by atoms with Crippen LogP contribution in [0.5, 0.6) is 0 Å². The molecular formula is C12H20OS. The summed E-state index contributed by atoms with van der Waals surface area (Å²) >= 11 is 1.42. The predicted molar refractivity (Wildman–Crippen MR) is 65.5 cm³/mol. The van der Waals surface area contributed by atoms with Crippen molar-refractivity contribution in [3.05, 3.63) is 23.3 Å². The smallest absolute Gasteiger partial charge is 0.186 e. The van der Waals surface area contributed by atoms with Crippen LogP contribution in [-0.4, -0.2) is 10.4 Å². The molecule has 1 unspecified atom stereocenters. The Hall–Kier alpha value is -0.500. The quantitative estimate of drug-likeness (QED) is 0.656. The maximum absolute atomic E-state index is 11.0. The summed E-state index contributed by atoms with van der Waals surface area (Å²) in [5.41, 5.74) is 2.59. The minimum absolute atomic E-state index is 0.193. The lowest BCUT2D eigenvalue weighted by Crippen LogP contribution is -2.06. The van der Waals surface area contributed by atoms with Gasteiger partial charge in [0.1, 0.15) is 0 Å². The van der Waals surface area contributed by atoms with Gasteiger partial charge >= 0.3 is 0 Å². The van der Waals surface area contributed by atoms with Crippen molar-refractivity contribution in [1.29, 1.82) is 0 Å². The summed E-state index contributed by atoms with van der Waals surface area (Å²) < 4.78 is 0. The van der Waals surface area contributed by atoms with Gasteiger partial charge in [-0.3, -0.25) is 4.79 Å². The second-order valence-electron chi connectivity index (χ2n) is 3.65. The number of hydrogen-bond donors (Lipinski definition) is 0. The Kier molecular flexibility index (Phi) is 6.64. The van der Waals surface area contributed by atoms with E-state index in [9.17, 15) is 4.79 Å². The van der Waals surface area contributed by atoms with Crippen LogP contribution in [0.3, 0.4) is 0 Å². The summed E-state index contributed by atoms with van der Waals surface area (Å²) in [6.45, 7) is 9.90. The van der Waals surface area contributed by atoms with Gasteiger partial charge in [0.2, 0.25) is 0 Å². The summed E-state index contributed by atoms with van der Waals surface area (Å²) in [5.74, 6) is 0. The van der Waals surface area contributed by atoms with Crippen LogP contribution in [0, 0.1) is 0 Å². The second-order valence-corrected chi connectivity index (χ2v) is 5.03. The molecule has 0 aromatic carbocycles. The highest BCUT2D eigenvalue weighted by Gasteiger charge is 2.11. The second kappa shape index (κ2) is 6.88. The standard InChI is InChI=1S/C12H20OS/c1-6-10(4)12(14-11(5)13)8-7-9(2)3/h6-7,12H,8H2,1-5H3. The third kappa shape index (κ3) is 6.03. The molecule has 80 valence electrons. The van der Waals surface area contributed by atoms with Crippen LogP contribution in [0.25, 0.3) is 0 Å². The van der Waals surface area contributed by atoms with Gasteiger partial charge in [0.05, 0.1) is 0 Å². The highest BCUT2D eigenvalue weighted by atomic mass is 32.2. The monoisotopic (exact) mass is 212 g/mol. The lowest BCUT2D eigenvalue weighted by atomic mass is 10.1. The van der Waals surface area contributed by atoms with Crippen molar-refractivity contribution in [3.63, 3.8) is 0 Å². The van der Waals surface area contributed by atoms with Crippen LogP contribution in [-0.2, 0) is 4.79 Å². The number of rotatable bonds is 4. The van der Waals surface area contributed by atoms with E-state index in [1.54, 1.807) is 6.92 Å². The molecule has 0 rings (SSSR count). The minimum atomic E-state index is 0.193. The molecule has 14 heavy (non-hydrogen) atoms. The van der Waals surface area contributed by atoms with Crippen molar-refractivity contribution in [1.82, 2.24) is 0 Å².